The lowest BCUT2D eigenvalue weighted by Gasteiger charge is -2.27. The van der Waals surface area contributed by atoms with E-state index in [-0.39, 0.29) is 39.3 Å². The molecule has 2 N–H and O–H groups in total. The summed E-state index contributed by atoms with van der Waals surface area (Å²) in [6, 6.07) is 12.7. The van der Waals surface area contributed by atoms with Gasteiger partial charge in [0.05, 0.1) is 4.88 Å². The highest BCUT2D eigenvalue weighted by Crippen LogP contribution is 2.24. The second kappa shape index (κ2) is 12.0. The Kier molecular flexibility index (Phi) is 9.88. The lowest BCUT2D eigenvalue weighted by Crippen LogP contribution is -2.42. The van der Waals surface area contributed by atoms with Crippen LogP contribution in [-0.2, 0) is 21.1 Å². The Morgan fingerprint density at radius 2 is 1.68 bits per heavy atom. The number of amides is 2. The van der Waals surface area contributed by atoms with Crippen molar-refractivity contribution in [3.63, 3.8) is 0 Å². The Bertz CT molecular complexity index is 1060. The van der Waals surface area contributed by atoms with Gasteiger partial charge in [0.15, 0.2) is 9.84 Å². The van der Waals surface area contributed by atoms with Crippen LogP contribution in [0.4, 0.5) is 0 Å². The van der Waals surface area contributed by atoms with Gasteiger partial charge in [0.2, 0.25) is 5.91 Å². The number of carbonyl (C=O) groups excluding carboxylic acids is 2. The number of sulfone groups is 1. The van der Waals surface area contributed by atoms with Gasteiger partial charge in [0.1, 0.15) is 4.21 Å². The van der Waals surface area contributed by atoms with Crippen molar-refractivity contribution in [1.82, 2.24) is 10.6 Å². The second-order valence-corrected chi connectivity index (χ2v) is 13.7. The van der Waals surface area contributed by atoms with Crippen LogP contribution < -0.4 is 10.6 Å². The highest BCUT2D eigenvalue weighted by atomic mass is 32.2. The van der Waals surface area contributed by atoms with Crippen LogP contribution in [0, 0.1) is 17.3 Å². The number of rotatable bonds is 11. The molecule has 0 spiro atoms. The van der Waals surface area contributed by atoms with E-state index in [1.54, 1.807) is 6.07 Å². The molecule has 0 bridgehead atoms. The van der Waals surface area contributed by atoms with Gasteiger partial charge in [-0.15, -0.1) is 11.3 Å². The minimum atomic E-state index is -3.36. The molecule has 0 fully saturated rings. The first kappa shape index (κ1) is 28.1. The quantitative estimate of drug-likeness (QED) is 0.462. The Morgan fingerprint density at radius 3 is 2.24 bits per heavy atom. The summed E-state index contributed by atoms with van der Waals surface area (Å²) >= 11 is 0.974. The minimum absolute atomic E-state index is 0.0249. The number of benzene rings is 1. The van der Waals surface area contributed by atoms with Crippen LogP contribution >= 0.6 is 11.3 Å². The summed E-state index contributed by atoms with van der Waals surface area (Å²) in [6.45, 7) is 11.0. The first-order valence-corrected chi connectivity index (χ1v) is 14.4. The zero-order chi connectivity index (χ0) is 25.5. The van der Waals surface area contributed by atoms with E-state index in [0.29, 0.717) is 24.3 Å². The van der Waals surface area contributed by atoms with Crippen molar-refractivity contribution in [2.45, 2.75) is 64.1 Å². The van der Waals surface area contributed by atoms with E-state index >= 15 is 0 Å². The van der Waals surface area contributed by atoms with E-state index in [2.05, 4.69) is 31.4 Å². The summed E-state index contributed by atoms with van der Waals surface area (Å²) in [4.78, 5) is 26.0. The molecule has 8 heteroatoms. The summed E-state index contributed by atoms with van der Waals surface area (Å²) in [7, 11) is -3.36. The molecule has 34 heavy (non-hydrogen) atoms. The van der Waals surface area contributed by atoms with Crippen LogP contribution in [0.1, 0.15) is 62.7 Å². The van der Waals surface area contributed by atoms with Crippen molar-refractivity contribution in [3.8, 4) is 0 Å². The van der Waals surface area contributed by atoms with Crippen LogP contribution in [0.5, 0.6) is 0 Å². The molecule has 2 rings (SSSR count). The summed E-state index contributed by atoms with van der Waals surface area (Å²) in [6.07, 6.45) is 3.29. The Hall–Kier alpha value is -2.19. The fourth-order valence-corrected chi connectivity index (χ4v) is 5.54. The fraction of sp³-hybridized carbons (Fsp3) is 0.538. The topological polar surface area (TPSA) is 92.3 Å². The number of hydrogen-bond acceptors (Lipinski definition) is 5. The van der Waals surface area contributed by atoms with E-state index < -0.39 is 9.84 Å². The van der Waals surface area contributed by atoms with Crippen LogP contribution in [0.2, 0.25) is 0 Å². The van der Waals surface area contributed by atoms with E-state index in [4.69, 9.17) is 0 Å². The van der Waals surface area contributed by atoms with Crippen molar-refractivity contribution >= 4 is 33.0 Å². The van der Waals surface area contributed by atoms with Gasteiger partial charge in [-0.3, -0.25) is 9.59 Å². The molecule has 0 radical (unpaired) electrons. The monoisotopic (exact) mass is 506 g/mol. The number of carbonyl (C=O) groups is 2. The van der Waals surface area contributed by atoms with Gasteiger partial charge in [-0.05, 0) is 48.3 Å². The fourth-order valence-electron chi connectivity index (χ4n) is 3.71. The molecule has 2 aromatic rings. The van der Waals surface area contributed by atoms with Gasteiger partial charge in [-0.2, -0.15) is 0 Å². The average Bonchev–Trinajstić information content (AvgIpc) is 3.24. The number of nitrogens with one attached hydrogen (secondary N) is 2. The van der Waals surface area contributed by atoms with Gasteiger partial charge >= 0.3 is 0 Å². The van der Waals surface area contributed by atoms with Gasteiger partial charge in [-0.25, -0.2) is 8.42 Å². The molecule has 1 aromatic heterocycles. The SMILES string of the molecule is C[C@H](C[C@H](C)[C@H](Cc1ccccc1)NC(=O)c1ccc(S(C)(=O)=O)s1)C(=O)NCCC(C)(C)C. The van der Waals surface area contributed by atoms with Gasteiger partial charge in [0.25, 0.3) is 5.91 Å². The van der Waals surface area contributed by atoms with Crippen LogP contribution in [0.15, 0.2) is 46.7 Å². The van der Waals surface area contributed by atoms with Crippen LogP contribution in [-0.4, -0.2) is 39.1 Å². The highest BCUT2D eigenvalue weighted by Gasteiger charge is 2.26. The molecule has 188 valence electrons. The molecule has 3 atom stereocenters. The van der Waals surface area contributed by atoms with E-state index in [9.17, 15) is 18.0 Å². The first-order chi connectivity index (χ1) is 15.8. The highest BCUT2D eigenvalue weighted by molar-refractivity contribution is 7.92. The maximum atomic E-state index is 13.0. The average molecular weight is 507 g/mol. The first-order valence-electron chi connectivity index (χ1n) is 11.7. The summed E-state index contributed by atoms with van der Waals surface area (Å²) in [5, 5.41) is 6.13. The number of thiophene rings is 1. The number of hydrogen-bond donors (Lipinski definition) is 2. The van der Waals surface area contributed by atoms with E-state index in [1.165, 1.54) is 6.07 Å². The van der Waals surface area contributed by atoms with Crippen molar-refractivity contribution in [3.05, 3.63) is 52.9 Å². The molecule has 1 aromatic carbocycles. The van der Waals surface area contributed by atoms with E-state index in [0.717, 1.165) is 29.6 Å². The van der Waals surface area contributed by atoms with Crippen molar-refractivity contribution < 1.29 is 18.0 Å². The third kappa shape index (κ3) is 9.22. The standard InChI is InChI=1S/C26H38N2O4S2/c1-18(16-19(2)24(29)27-15-14-26(3,4)5)21(17-20-10-8-7-9-11-20)28-25(30)22-12-13-23(33-22)34(6,31)32/h7-13,18-19,21H,14-17H2,1-6H3,(H,27,29)(H,28,30)/t18-,19+,21-/m0/s1. The maximum absolute atomic E-state index is 13.0. The summed E-state index contributed by atoms with van der Waals surface area (Å²) in [5.41, 5.74) is 1.25. The molecule has 0 aliphatic carbocycles. The van der Waals surface area contributed by atoms with Crippen molar-refractivity contribution in [2.75, 3.05) is 12.8 Å². The van der Waals surface area contributed by atoms with E-state index in [1.807, 2.05) is 44.2 Å². The molecular weight excluding hydrogens is 468 g/mol. The van der Waals surface area contributed by atoms with Crippen LogP contribution in [0.25, 0.3) is 0 Å². The van der Waals surface area contributed by atoms with Crippen molar-refractivity contribution in [1.29, 1.82) is 0 Å². The molecule has 2 amide bonds. The lowest BCUT2D eigenvalue weighted by atomic mass is 9.87. The lowest BCUT2D eigenvalue weighted by molar-refractivity contribution is -0.125. The Morgan fingerprint density at radius 1 is 1.03 bits per heavy atom. The molecule has 1 heterocycles. The van der Waals surface area contributed by atoms with Gasteiger partial charge in [-0.1, -0.05) is 65.0 Å². The van der Waals surface area contributed by atoms with Gasteiger partial charge in [0, 0.05) is 24.8 Å². The molecule has 0 aliphatic heterocycles. The third-order valence-electron chi connectivity index (χ3n) is 5.82. The summed E-state index contributed by atoms with van der Waals surface area (Å²) in [5.74, 6) is -0.433. The normalized spacial score (nSPS) is 14.8. The molecule has 0 unspecified atom stereocenters. The molecule has 0 saturated carbocycles. The maximum Gasteiger partial charge on any atom is 0.261 e. The predicted molar refractivity (Wildman–Crippen MR) is 139 cm³/mol. The molecule has 0 saturated heterocycles. The largest absolute Gasteiger partial charge is 0.356 e. The third-order valence-corrected chi connectivity index (χ3v) is 8.72. The minimum Gasteiger partial charge on any atom is -0.356 e. The zero-order valence-corrected chi connectivity index (χ0v) is 22.7. The van der Waals surface area contributed by atoms with Crippen LogP contribution in [0.3, 0.4) is 0 Å². The summed E-state index contributed by atoms with van der Waals surface area (Å²) < 4.78 is 23.8. The molecule has 6 nitrogen and oxygen atoms in total. The molecular formula is C26H38N2O4S2. The van der Waals surface area contributed by atoms with Gasteiger partial charge < -0.3 is 10.6 Å². The smallest absolute Gasteiger partial charge is 0.261 e. The molecule has 0 aliphatic rings. The Balaban J connectivity index is 2.09. The van der Waals surface area contributed by atoms with Crippen molar-refractivity contribution in [2.24, 2.45) is 17.3 Å². The predicted octanol–water partition coefficient (Wildman–Crippen LogP) is 4.71. The Labute approximate surface area is 208 Å². The zero-order valence-electron chi connectivity index (χ0n) is 21.1. The second-order valence-electron chi connectivity index (χ2n) is 10.4.